The first-order valence-corrected chi connectivity index (χ1v) is 7.65. The van der Waals surface area contributed by atoms with Crippen LogP contribution in [-0.4, -0.2) is 28.0 Å². The summed E-state index contributed by atoms with van der Waals surface area (Å²) in [6, 6.07) is 8.16. The van der Waals surface area contributed by atoms with Gasteiger partial charge in [0, 0.05) is 28.8 Å². The number of hydrogen-bond acceptors (Lipinski definition) is 3. The second-order valence-corrected chi connectivity index (χ2v) is 6.69. The van der Waals surface area contributed by atoms with Gasteiger partial charge < -0.3 is 4.74 Å². The highest BCUT2D eigenvalue weighted by molar-refractivity contribution is 6.30. The fourth-order valence-corrected chi connectivity index (χ4v) is 2.99. The number of ether oxygens (including phenoxy) is 1. The van der Waals surface area contributed by atoms with Gasteiger partial charge in [0.05, 0.1) is 26.0 Å². The van der Waals surface area contributed by atoms with Crippen LogP contribution >= 0.6 is 11.6 Å². The maximum Gasteiger partial charge on any atom is 0.129 e. The van der Waals surface area contributed by atoms with Gasteiger partial charge in [0.15, 0.2) is 0 Å². The molecule has 22 heavy (non-hydrogen) atoms. The zero-order chi connectivity index (χ0) is 15.2. The summed E-state index contributed by atoms with van der Waals surface area (Å²) in [4.78, 5) is 4.11. The van der Waals surface area contributed by atoms with Crippen LogP contribution in [0.25, 0.3) is 21.9 Å². The molecule has 5 heteroatoms. The molecule has 1 aliphatic rings. The second-order valence-electron chi connectivity index (χ2n) is 6.30. The van der Waals surface area contributed by atoms with Gasteiger partial charge in [-0.3, -0.25) is 4.68 Å². The van der Waals surface area contributed by atoms with Crippen molar-refractivity contribution in [3.05, 3.63) is 48.0 Å². The molecule has 1 saturated heterocycles. The molecule has 0 atom stereocenters. The maximum absolute atomic E-state index is 5.98. The first-order valence-electron chi connectivity index (χ1n) is 7.27. The number of aromatic nitrogens is 3. The summed E-state index contributed by atoms with van der Waals surface area (Å²) in [5.41, 5.74) is 2.46. The molecule has 1 aliphatic heterocycles. The minimum Gasteiger partial charge on any atom is -0.380 e. The fraction of sp³-hybridized carbons (Fsp3) is 0.294. The molecule has 0 unspecified atom stereocenters. The molecule has 4 nitrogen and oxygen atoms in total. The van der Waals surface area contributed by atoms with E-state index in [4.69, 9.17) is 16.3 Å². The van der Waals surface area contributed by atoms with E-state index in [1.165, 1.54) is 0 Å². The Morgan fingerprint density at radius 2 is 2.05 bits per heavy atom. The SMILES string of the molecule is CC1(Cn2cc(-c3ccc4cnc(Cl)cc4c3)cn2)COC1. The maximum atomic E-state index is 5.98. The van der Waals surface area contributed by atoms with Crippen LogP contribution in [0, 0.1) is 5.41 Å². The first kappa shape index (κ1) is 13.7. The van der Waals surface area contributed by atoms with Crippen molar-refractivity contribution < 1.29 is 4.74 Å². The Balaban J connectivity index is 1.65. The highest BCUT2D eigenvalue weighted by Gasteiger charge is 2.33. The van der Waals surface area contributed by atoms with E-state index in [1.807, 2.05) is 16.9 Å². The molecule has 3 aromatic rings. The summed E-state index contributed by atoms with van der Waals surface area (Å²) >= 11 is 5.98. The van der Waals surface area contributed by atoms with Gasteiger partial charge in [-0.2, -0.15) is 5.10 Å². The molecule has 0 saturated carbocycles. The van der Waals surface area contributed by atoms with Crippen molar-refractivity contribution in [3.8, 4) is 11.1 Å². The van der Waals surface area contributed by atoms with Gasteiger partial charge in [-0.15, -0.1) is 0 Å². The average Bonchev–Trinajstić information content (AvgIpc) is 2.93. The van der Waals surface area contributed by atoms with Crippen LogP contribution in [-0.2, 0) is 11.3 Å². The quantitative estimate of drug-likeness (QED) is 0.691. The molecule has 2 aromatic heterocycles. The van der Waals surface area contributed by atoms with Crippen LogP contribution in [0.15, 0.2) is 42.9 Å². The smallest absolute Gasteiger partial charge is 0.129 e. The Bertz CT molecular complexity index is 839. The number of benzene rings is 1. The lowest BCUT2D eigenvalue weighted by Gasteiger charge is -2.37. The monoisotopic (exact) mass is 313 g/mol. The Hall–Kier alpha value is -1.91. The fourth-order valence-electron chi connectivity index (χ4n) is 2.83. The molecule has 0 radical (unpaired) electrons. The lowest BCUT2D eigenvalue weighted by molar-refractivity contribution is -0.111. The molecule has 4 rings (SSSR count). The standard InChI is InChI=1S/C17H16ClN3O/c1-17(10-22-11-17)9-21-8-15(7-20-21)12-2-3-13-6-19-16(18)5-14(13)4-12/h2-8H,9-11H2,1H3. The Morgan fingerprint density at radius 3 is 2.82 bits per heavy atom. The van der Waals surface area contributed by atoms with E-state index in [9.17, 15) is 0 Å². The van der Waals surface area contributed by atoms with Gasteiger partial charge in [-0.25, -0.2) is 4.98 Å². The Kier molecular flexibility index (Phi) is 3.17. The normalized spacial score (nSPS) is 16.6. The molecule has 0 spiro atoms. The molecule has 1 aromatic carbocycles. The molecule has 112 valence electrons. The minimum atomic E-state index is 0.214. The van der Waals surface area contributed by atoms with Crippen molar-refractivity contribution in [1.82, 2.24) is 14.8 Å². The summed E-state index contributed by atoms with van der Waals surface area (Å²) in [6.07, 6.45) is 5.79. The zero-order valence-corrected chi connectivity index (χ0v) is 13.0. The van der Waals surface area contributed by atoms with Crippen molar-refractivity contribution >= 4 is 22.4 Å². The molecule has 0 aliphatic carbocycles. The molecular formula is C17H16ClN3O. The van der Waals surface area contributed by atoms with Crippen molar-refractivity contribution in [3.63, 3.8) is 0 Å². The van der Waals surface area contributed by atoms with Crippen LogP contribution in [0.2, 0.25) is 5.15 Å². The van der Waals surface area contributed by atoms with Gasteiger partial charge in [-0.1, -0.05) is 30.7 Å². The predicted octanol–water partition coefficient (Wildman–Crippen LogP) is 3.79. The summed E-state index contributed by atoms with van der Waals surface area (Å²) in [5.74, 6) is 0. The van der Waals surface area contributed by atoms with E-state index in [-0.39, 0.29) is 5.41 Å². The molecule has 3 heterocycles. The van der Waals surface area contributed by atoms with Crippen molar-refractivity contribution in [2.24, 2.45) is 5.41 Å². The number of fused-ring (bicyclic) bond motifs is 1. The molecular weight excluding hydrogens is 298 g/mol. The minimum absolute atomic E-state index is 0.214. The summed E-state index contributed by atoms with van der Waals surface area (Å²) < 4.78 is 7.30. The van der Waals surface area contributed by atoms with Crippen molar-refractivity contribution in [2.75, 3.05) is 13.2 Å². The highest BCUT2D eigenvalue weighted by atomic mass is 35.5. The molecule has 0 N–H and O–H groups in total. The van der Waals surface area contributed by atoms with Gasteiger partial charge >= 0.3 is 0 Å². The third-order valence-corrected chi connectivity index (χ3v) is 4.31. The van der Waals surface area contributed by atoms with Gasteiger partial charge in [0.25, 0.3) is 0 Å². The van der Waals surface area contributed by atoms with E-state index >= 15 is 0 Å². The van der Waals surface area contributed by atoms with Crippen LogP contribution in [0.3, 0.4) is 0 Å². The third kappa shape index (κ3) is 2.49. The van der Waals surface area contributed by atoms with E-state index < -0.39 is 0 Å². The van der Waals surface area contributed by atoms with Gasteiger partial charge in [0.1, 0.15) is 5.15 Å². The van der Waals surface area contributed by atoms with Crippen LogP contribution in [0.1, 0.15) is 6.92 Å². The van der Waals surface area contributed by atoms with Gasteiger partial charge in [-0.05, 0) is 23.1 Å². The van der Waals surface area contributed by atoms with Crippen molar-refractivity contribution in [1.29, 1.82) is 0 Å². The summed E-state index contributed by atoms with van der Waals surface area (Å²) in [6.45, 7) is 4.73. The second kappa shape index (κ2) is 5.07. The highest BCUT2D eigenvalue weighted by Crippen LogP contribution is 2.30. The summed E-state index contributed by atoms with van der Waals surface area (Å²) in [7, 11) is 0. The summed E-state index contributed by atoms with van der Waals surface area (Å²) in [5, 5.41) is 7.16. The van der Waals surface area contributed by atoms with E-state index in [2.05, 4.69) is 41.4 Å². The average molecular weight is 314 g/mol. The van der Waals surface area contributed by atoms with Crippen LogP contribution in [0.4, 0.5) is 0 Å². The van der Waals surface area contributed by atoms with E-state index in [0.717, 1.165) is 41.7 Å². The Morgan fingerprint density at radius 1 is 1.18 bits per heavy atom. The topological polar surface area (TPSA) is 39.9 Å². The van der Waals surface area contributed by atoms with Crippen LogP contribution < -0.4 is 0 Å². The van der Waals surface area contributed by atoms with E-state index in [0.29, 0.717) is 5.15 Å². The third-order valence-electron chi connectivity index (χ3n) is 4.10. The number of hydrogen-bond donors (Lipinski definition) is 0. The van der Waals surface area contributed by atoms with E-state index in [1.54, 1.807) is 6.20 Å². The molecule has 0 bridgehead atoms. The first-order chi connectivity index (χ1) is 10.6. The van der Waals surface area contributed by atoms with Gasteiger partial charge in [0.2, 0.25) is 0 Å². The molecule has 0 amide bonds. The number of pyridine rings is 1. The lowest BCUT2D eigenvalue weighted by atomic mass is 9.89. The van der Waals surface area contributed by atoms with Crippen molar-refractivity contribution in [2.45, 2.75) is 13.5 Å². The Labute approximate surface area is 133 Å². The number of halogens is 1. The zero-order valence-electron chi connectivity index (χ0n) is 12.3. The predicted molar refractivity (Wildman–Crippen MR) is 86.9 cm³/mol. The molecule has 1 fully saturated rings. The van der Waals surface area contributed by atoms with Crippen LogP contribution in [0.5, 0.6) is 0 Å². The number of nitrogens with zero attached hydrogens (tertiary/aromatic N) is 3. The number of rotatable bonds is 3. The largest absolute Gasteiger partial charge is 0.380 e. The lowest BCUT2D eigenvalue weighted by Crippen LogP contribution is -2.43.